The van der Waals surface area contributed by atoms with Crippen molar-refractivity contribution >= 4 is 27.9 Å². The van der Waals surface area contributed by atoms with Crippen LogP contribution in [0.25, 0.3) is 27.9 Å². The van der Waals surface area contributed by atoms with Crippen LogP contribution >= 0.6 is 0 Å². The van der Waals surface area contributed by atoms with Gasteiger partial charge in [-0.2, -0.15) is 0 Å². The first-order valence-electron chi connectivity index (χ1n) is 16.1. The van der Waals surface area contributed by atoms with E-state index in [1.807, 2.05) is 24.3 Å². The number of para-hydroxylation sites is 2. The molecule has 8 aromatic rings. The van der Waals surface area contributed by atoms with Gasteiger partial charge in [-0.1, -0.05) is 170 Å². The molecule has 0 bridgehead atoms. The average Bonchev–Trinajstić information content (AvgIpc) is 3.64. The van der Waals surface area contributed by atoms with Crippen LogP contribution in [0.5, 0.6) is 0 Å². The minimum absolute atomic E-state index is 0.492. The van der Waals surface area contributed by atoms with Crippen LogP contribution in [0.2, 0.25) is 0 Å². The summed E-state index contributed by atoms with van der Waals surface area (Å²) in [6.45, 7) is 0. The second-order valence-corrected chi connectivity index (χ2v) is 12.1. The van der Waals surface area contributed by atoms with Gasteiger partial charge in [-0.15, -0.1) is 0 Å². The Labute approximate surface area is 275 Å². The van der Waals surface area contributed by atoms with Gasteiger partial charge in [-0.3, -0.25) is 0 Å². The summed E-state index contributed by atoms with van der Waals surface area (Å²) in [5, 5.41) is 2.52. The molecular formula is C45H34N2. The predicted molar refractivity (Wildman–Crippen MR) is 196 cm³/mol. The molecule has 0 aliphatic heterocycles. The van der Waals surface area contributed by atoms with Crippen LogP contribution in [-0.4, -0.2) is 9.97 Å². The normalized spacial score (nSPS) is 14.2. The third-order valence-electron chi connectivity index (χ3n) is 9.63. The zero-order valence-electron chi connectivity index (χ0n) is 26.0. The molecule has 1 aliphatic carbocycles. The summed E-state index contributed by atoms with van der Waals surface area (Å²) in [4.78, 5) is 7.07. The molecule has 224 valence electrons. The zero-order chi connectivity index (χ0) is 31.5. The second kappa shape index (κ2) is 12.1. The molecule has 1 N–H and O–H groups in total. The standard InChI is InChI=1S/C38H28.C7H6N2/c1-5-17-32(18-6-1)37(33-19-7-2-8-20-33)26-25-31-27-29-15-13-14-16-30(29)28-36(31)38(37,34-21-9-3-10-22-34)35-23-11-4-12-24-35;1-2-4-7-6(3-1)8-5-9-7/h1-28H;1-5H,(H,8,9). The molecule has 0 saturated heterocycles. The summed E-state index contributed by atoms with van der Waals surface area (Å²) in [6, 6.07) is 65.8. The van der Waals surface area contributed by atoms with Crippen LogP contribution in [0.15, 0.2) is 194 Å². The van der Waals surface area contributed by atoms with Crippen molar-refractivity contribution in [3.8, 4) is 0 Å². The van der Waals surface area contributed by atoms with E-state index in [4.69, 9.17) is 0 Å². The Kier molecular flexibility index (Phi) is 7.32. The molecular weight excluding hydrogens is 569 g/mol. The fraction of sp³-hybridized carbons (Fsp3) is 0.0444. The maximum atomic E-state index is 4.06. The topological polar surface area (TPSA) is 28.7 Å². The van der Waals surface area contributed by atoms with Gasteiger partial charge >= 0.3 is 0 Å². The van der Waals surface area contributed by atoms with Gasteiger partial charge in [-0.05, 0) is 68.4 Å². The van der Waals surface area contributed by atoms with Crippen molar-refractivity contribution < 1.29 is 0 Å². The molecule has 47 heavy (non-hydrogen) atoms. The minimum Gasteiger partial charge on any atom is -0.345 e. The first-order valence-corrected chi connectivity index (χ1v) is 16.1. The fourth-order valence-electron chi connectivity index (χ4n) is 7.66. The van der Waals surface area contributed by atoms with E-state index >= 15 is 0 Å². The van der Waals surface area contributed by atoms with E-state index in [2.05, 4.69) is 180 Å². The summed E-state index contributed by atoms with van der Waals surface area (Å²) in [7, 11) is 0. The lowest BCUT2D eigenvalue weighted by Crippen LogP contribution is -2.52. The van der Waals surface area contributed by atoms with Crippen molar-refractivity contribution in [1.29, 1.82) is 0 Å². The predicted octanol–water partition coefficient (Wildman–Crippen LogP) is 10.8. The van der Waals surface area contributed by atoms with Crippen LogP contribution in [0.4, 0.5) is 0 Å². The van der Waals surface area contributed by atoms with Crippen molar-refractivity contribution in [3.05, 3.63) is 228 Å². The first kappa shape index (κ1) is 28.5. The van der Waals surface area contributed by atoms with Gasteiger partial charge in [0, 0.05) is 0 Å². The highest BCUT2D eigenvalue weighted by atomic mass is 14.9. The van der Waals surface area contributed by atoms with E-state index < -0.39 is 10.8 Å². The van der Waals surface area contributed by atoms with Gasteiger partial charge in [0.15, 0.2) is 0 Å². The number of aromatic nitrogens is 2. The van der Waals surface area contributed by atoms with Crippen LogP contribution in [0.1, 0.15) is 33.4 Å². The molecule has 0 spiro atoms. The lowest BCUT2D eigenvalue weighted by Gasteiger charge is -2.54. The molecule has 0 radical (unpaired) electrons. The number of allylic oxidation sites excluding steroid dienone is 1. The molecule has 0 fully saturated rings. The summed E-state index contributed by atoms with van der Waals surface area (Å²) < 4.78 is 0. The Bertz CT molecular complexity index is 2180. The van der Waals surface area contributed by atoms with E-state index in [1.54, 1.807) is 6.33 Å². The number of benzene rings is 7. The molecule has 0 amide bonds. The van der Waals surface area contributed by atoms with Crippen molar-refractivity contribution in [3.63, 3.8) is 0 Å². The molecule has 2 nitrogen and oxygen atoms in total. The Morgan fingerprint density at radius 3 is 1.47 bits per heavy atom. The molecule has 7 aromatic carbocycles. The molecule has 9 rings (SSSR count). The maximum Gasteiger partial charge on any atom is 0.0931 e. The third kappa shape index (κ3) is 4.69. The van der Waals surface area contributed by atoms with Crippen molar-refractivity contribution in [2.24, 2.45) is 0 Å². The van der Waals surface area contributed by atoms with Crippen molar-refractivity contribution in [2.45, 2.75) is 10.8 Å². The molecule has 1 heterocycles. The van der Waals surface area contributed by atoms with E-state index in [9.17, 15) is 0 Å². The van der Waals surface area contributed by atoms with Gasteiger partial charge in [0.1, 0.15) is 0 Å². The van der Waals surface area contributed by atoms with E-state index in [1.165, 1.54) is 44.2 Å². The molecule has 1 aromatic heterocycles. The smallest absolute Gasteiger partial charge is 0.0931 e. The van der Waals surface area contributed by atoms with Gasteiger partial charge in [0.2, 0.25) is 0 Å². The number of aromatic amines is 1. The highest BCUT2D eigenvalue weighted by Gasteiger charge is 2.57. The van der Waals surface area contributed by atoms with Crippen LogP contribution < -0.4 is 0 Å². The number of nitrogens with one attached hydrogen (secondary N) is 1. The lowest BCUT2D eigenvalue weighted by molar-refractivity contribution is 0.430. The second-order valence-electron chi connectivity index (χ2n) is 12.1. The van der Waals surface area contributed by atoms with E-state index in [0.717, 1.165) is 11.0 Å². The Balaban J connectivity index is 0.000000309. The number of rotatable bonds is 4. The summed E-state index contributed by atoms with van der Waals surface area (Å²) in [5.74, 6) is 0. The van der Waals surface area contributed by atoms with E-state index in [0.29, 0.717) is 0 Å². The van der Waals surface area contributed by atoms with Crippen molar-refractivity contribution in [1.82, 2.24) is 9.97 Å². The Hall–Kier alpha value is -5.99. The molecule has 0 atom stereocenters. The number of imidazole rings is 1. The van der Waals surface area contributed by atoms with Gasteiger partial charge in [-0.25, -0.2) is 4.98 Å². The minimum atomic E-state index is -0.521. The highest BCUT2D eigenvalue weighted by Crippen LogP contribution is 2.60. The summed E-state index contributed by atoms with van der Waals surface area (Å²) >= 11 is 0. The quantitative estimate of drug-likeness (QED) is 0.213. The highest BCUT2D eigenvalue weighted by molar-refractivity contribution is 5.89. The van der Waals surface area contributed by atoms with Crippen LogP contribution in [0.3, 0.4) is 0 Å². The molecule has 0 saturated carbocycles. The molecule has 0 unspecified atom stereocenters. The zero-order valence-corrected chi connectivity index (χ0v) is 26.0. The van der Waals surface area contributed by atoms with Crippen LogP contribution in [0, 0.1) is 0 Å². The monoisotopic (exact) mass is 602 g/mol. The van der Waals surface area contributed by atoms with Gasteiger partial charge in [0.25, 0.3) is 0 Å². The Morgan fingerprint density at radius 2 is 0.915 bits per heavy atom. The number of hydrogen-bond donors (Lipinski definition) is 1. The summed E-state index contributed by atoms with van der Waals surface area (Å²) in [5.41, 5.74) is 8.79. The number of fused-ring (bicyclic) bond motifs is 3. The first-order chi connectivity index (χ1) is 23.3. The number of hydrogen-bond acceptors (Lipinski definition) is 1. The van der Waals surface area contributed by atoms with Gasteiger partial charge in [0.05, 0.1) is 28.2 Å². The fourth-order valence-corrected chi connectivity index (χ4v) is 7.66. The van der Waals surface area contributed by atoms with Crippen molar-refractivity contribution in [2.75, 3.05) is 0 Å². The largest absolute Gasteiger partial charge is 0.345 e. The molecule has 2 heteroatoms. The lowest BCUT2D eigenvalue weighted by atomic mass is 9.47. The van der Waals surface area contributed by atoms with Crippen LogP contribution in [-0.2, 0) is 10.8 Å². The van der Waals surface area contributed by atoms with E-state index in [-0.39, 0.29) is 0 Å². The third-order valence-corrected chi connectivity index (χ3v) is 9.63. The maximum absolute atomic E-state index is 4.06. The summed E-state index contributed by atoms with van der Waals surface area (Å²) in [6.07, 6.45) is 6.52. The number of H-pyrrole nitrogens is 1. The SMILES string of the molecule is C1=CC(c2ccccc2)(c2ccccc2)C(c2ccccc2)(c2ccccc2)c2cc3ccccc3cc21.c1ccc2[nH]cnc2c1. The Morgan fingerprint density at radius 1 is 0.447 bits per heavy atom. The number of nitrogens with zero attached hydrogens (tertiary/aromatic N) is 1. The molecule has 1 aliphatic rings. The van der Waals surface area contributed by atoms with Gasteiger partial charge < -0.3 is 4.98 Å². The average molecular weight is 603 g/mol.